The number of aliphatic hydroxyl groups excluding tert-OH is 2. The first-order valence-electron chi connectivity index (χ1n) is 3.36. The smallest absolute Gasteiger partial charge is 0.140 e. The Kier molecular flexibility index (Phi) is 5.10. The Labute approximate surface area is 65.3 Å². The van der Waals surface area contributed by atoms with Crippen LogP contribution < -0.4 is 0 Å². The van der Waals surface area contributed by atoms with Crippen LogP contribution in [0.5, 0.6) is 0 Å². The lowest BCUT2D eigenvalue weighted by atomic mass is 10.1. The van der Waals surface area contributed by atoms with Crippen molar-refractivity contribution in [3.05, 3.63) is 0 Å². The molecule has 0 spiro atoms. The maximum Gasteiger partial charge on any atom is 0.140 e. The first-order chi connectivity index (χ1) is 5.20. The Morgan fingerprint density at radius 1 is 1.00 bits per heavy atom. The zero-order valence-corrected chi connectivity index (χ0v) is 6.06. The van der Waals surface area contributed by atoms with Crippen LogP contribution in [-0.4, -0.2) is 22.4 Å². The molecule has 0 aliphatic carbocycles. The number of aliphatic hydroxyl groups is 2. The Morgan fingerprint density at radius 2 is 1.36 bits per heavy atom. The lowest BCUT2D eigenvalue weighted by Gasteiger charge is -2.01. The molecular formula is C7H10N2O2. The van der Waals surface area contributed by atoms with E-state index in [1.807, 2.05) is 0 Å². The fraction of sp³-hybridized carbons (Fsp3) is 0.714. The molecule has 11 heavy (non-hydrogen) atoms. The highest BCUT2D eigenvalue weighted by Gasteiger charge is 2.04. The molecule has 0 aliphatic rings. The predicted octanol–water partition coefficient (Wildman–Crippen LogP) is -0.0743. The molecule has 4 nitrogen and oxygen atoms in total. The van der Waals surface area contributed by atoms with Crippen molar-refractivity contribution in [1.82, 2.24) is 0 Å². The van der Waals surface area contributed by atoms with Gasteiger partial charge in [-0.05, 0) is 19.3 Å². The van der Waals surface area contributed by atoms with Gasteiger partial charge in [0, 0.05) is 0 Å². The fourth-order valence-corrected chi connectivity index (χ4v) is 0.634. The number of nitrogens with zero attached hydrogens (tertiary/aromatic N) is 2. The van der Waals surface area contributed by atoms with Crippen molar-refractivity contribution in [2.75, 3.05) is 0 Å². The molecule has 2 N–H and O–H groups in total. The third-order valence-electron chi connectivity index (χ3n) is 1.25. The lowest BCUT2D eigenvalue weighted by molar-refractivity contribution is 0.188. The Bertz CT molecular complexity index is 160. The van der Waals surface area contributed by atoms with E-state index in [0.717, 1.165) is 0 Å². The van der Waals surface area contributed by atoms with Crippen LogP contribution >= 0.6 is 0 Å². The molecule has 0 aromatic carbocycles. The van der Waals surface area contributed by atoms with Crippen molar-refractivity contribution in [2.24, 2.45) is 0 Å². The molecule has 0 saturated heterocycles. The Balaban J connectivity index is 3.30. The van der Waals surface area contributed by atoms with Gasteiger partial charge in [-0.2, -0.15) is 10.5 Å². The molecule has 60 valence electrons. The zero-order valence-electron chi connectivity index (χ0n) is 6.06. The molecule has 0 rings (SSSR count). The molecule has 2 atom stereocenters. The van der Waals surface area contributed by atoms with Crippen LogP contribution in [-0.2, 0) is 0 Å². The maximum atomic E-state index is 8.72. The van der Waals surface area contributed by atoms with Crippen LogP contribution in [0.2, 0.25) is 0 Å². The molecular weight excluding hydrogens is 144 g/mol. The van der Waals surface area contributed by atoms with Crippen molar-refractivity contribution in [1.29, 1.82) is 10.5 Å². The molecule has 0 bridgehead atoms. The minimum atomic E-state index is -0.971. The van der Waals surface area contributed by atoms with Crippen molar-refractivity contribution in [2.45, 2.75) is 31.5 Å². The Morgan fingerprint density at radius 3 is 1.64 bits per heavy atom. The molecule has 2 unspecified atom stereocenters. The molecule has 0 heterocycles. The van der Waals surface area contributed by atoms with Gasteiger partial charge in [0.2, 0.25) is 0 Å². The second-order valence-corrected chi connectivity index (χ2v) is 2.22. The minimum Gasteiger partial charge on any atom is -0.378 e. The standard InChI is InChI=1S/C7H10N2O2/c8-4-6(10)2-1-3-7(11)5-9/h6-7,10-11H,1-3H2. The van der Waals surface area contributed by atoms with Gasteiger partial charge in [-0.3, -0.25) is 0 Å². The summed E-state index contributed by atoms with van der Waals surface area (Å²) < 4.78 is 0. The van der Waals surface area contributed by atoms with E-state index in [1.54, 1.807) is 12.1 Å². The van der Waals surface area contributed by atoms with Gasteiger partial charge in [-0.15, -0.1) is 0 Å². The van der Waals surface area contributed by atoms with Gasteiger partial charge in [0.1, 0.15) is 12.2 Å². The Hall–Kier alpha value is -1.10. The van der Waals surface area contributed by atoms with Gasteiger partial charge in [0.05, 0.1) is 12.1 Å². The fourth-order valence-electron chi connectivity index (χ4n) is 0.634. The third-order valence-corrected chi connectivity index (χ3v) is 1.25. The second-order valence-electron chi connectivity index (χ2n) is 2.22. The largest absolute Gasteiger partial charge is 0.378 e. The van der Waals surface area contributed by atoms with E-state index in [4.69, 9.17) is 20.7 Å². The van der Waals surface area contributed by atoms with Gasteiger partial charge in [-0.25, -0.2) is 0 Å². The molecule has 0 aromatic rings. The molecule has 0 aromatic heterocycles. The molecule has 4 heteroatoms. The van der Waals surface area contributed by atoms with E-state index < -0.39 is 12.2 Å². The van der Waals surface area contributed by atoms with Gasteiger partial charge in [-0.1, -0.05) is 0 Å². The summed E-state index contributed by atoms with van der Waals surface area (Å²) in [6, 6.07) is 3.30. The van der Waals surface area contributed by atoms with Crippen LogP contribution in [0.3, 0.4) is 0 Å². The van der Waals surface area contributed by atoms with Crippen molar-refractivity contribution < 1.29 is 10.2 Å². The van der Waals surface area contributed by atoms with E-state index in [1.165, 1.54) is 0 Å². The van der Waals surface area contributed by atoms with Gasteiger partial charge >= 0.3 is 0 Å². The van der Waals surface area contributed by atoms with Gasteiger partial charge in [0.15, 0.2) is 0 Å². The average molecular weight is 154 g/mol. The second kappa shape index (κ2) is 5.67. The van der Waals surface area contributed by atoms with Crippen LogP contribution in [0.4, 0.5) is 0 Å². The highest BCUT2D eigenvalue weighted by Crippen LogP contribution is 2.02. The van der Waals surface area contributed by atoms with E-state index in [0.29, 0.717) is 19.3 Å². The predicted molar refractivity (Wildman–Crippen MR) is 37.1 cm³/mol. The van der Waals surface area contributed by atoms with Crippen LogP contribution in [0, 0.1) is 22.7 Å². The molecule has 0 saturated carbocycles. The van der Waals surface area contributed by atoms with Gasteiger partial charge in [0.25, 0.3) is 0 Å². The maximum absolute atomic E-state index is 8.72. The summed E-state index contributed by atoms with van der Waals surface area (Å²) in [7, 11) is 0. The third kappa shape index (κ3) is 5.35. The van der Waals surface area contributed by atoms with Crippen molar-refractivity contribution in [3.8, 4) is 12.1 Å². The SMILES string of the molecule is N#CC(O)CCCC(O)C#N. The van der Waals surface area contributed by atoms with Crippen LogP contribution in [0.1, 0.15) is 19.3 Å². The highest BCUT2D eigenvalue weighted by molar-refractivity contribution is 4.85. The quantitative estimate of drug-likeness (QED) is 0.554. The van der Waals surface area contributed by atoms with Crippen LogP contribution in [0.25, 0.3) is 0 Å². The van der Waals surface area contributed by atoms with E-state index in [9.17, 15) is 0 Å². The highest BCUT2D eigenvalue weighted by atomic mass is 16.3. The topological polar surface area (TPSA) is 88.0 Å². The molecule has 0 radical (unpaired) electrons. The monoisotopic (exact) mass is 154 g/mol. The van der Waals surface area contributed by atoms with Gasteiger partial charge < -0.3 is 10.2 Å². The first kappa shape index (κ1) is 9.90. The van der Waals surface area contributed by atoms with Crippen LogP contribution in [0.15, 0.2) is 0 Å². The summed E-state index contributed by atoms with van der Waals surface area (Å²) in [4.78, 5) is 0. The van der Waals surface area contributed by atoms with Crippen molar-refractivity contribution >= 4 is 0 Å². The molecule has 0 fully saturated rings. The van der Waals surface area contributed by atoms with E-state index >= 15 is 0 Å². The lowest BCUT2D eigenvalue weighted by Crippen LogP contribution is -2.06. The number of nitriles is 2. The normalized spacial score (nSPS) is 14.5. The summed E-state index contributed by atoms with van der Waals surface area (Å²) in [6.45, 7) is 0. The first-order valence-corrected chi connectivity index (χ1v) is 3.36. The summed E-state index contributed by atoms with van der Waals surface area (Å²) in [5, 5.41) is 33.7. The number of rotatable bonds is 4. The average Bonchev–Trinajstić information content (AvgIpc) is 2.04. The molecule has 0 aliphatic heterocycles. The zero-order chi connectivity index (χ0) is 8.69. The van der Waals surface area contributed by atoms with E-state index in [-0.39, 0.29) is 0 Å². The summed E-state index contributed by atoms with van der Waals surface area (Å²) >= 11 is 0. The van der Waals surface area contributed by atoms with Crippen molar-refractivity contribution in [3.63, 3.8) is 0 Å². The minimum absolute atomic E-state index is 0.315. The summed E-state index contributed by atoms with van der Waals surface area (Å²) in [5.74, 6) is 0. The molecule has 0 amide bonds. The van der Waals surface area contributed by atoms with E-state index in [2.05, 4.69) is 0 Å². The number of hydrogen-bond donors (Lipinski definition) is 2. The summed E-state index contributed by atoms with van der Waals surface area (Å²) in [5.41, 5.74) is 0. The number of hydrogen-bond acceptors (Lipinski definition) is 4. The summed E-state index contributed by atoms with van der Waals surface area (Å²) in [6.07, 6.45) is -0.824.